The van der Waals surface area contributed by atoms with Gasteiger partial charge in [-0.1, -0.05) is 24.6 Å². The maximum atomic E-state index is 3.62. The van der Waals surface area contributed by atoms with Crippen molar-refractivity contribution in [2.24, 2.45) is 7.05 Å². The molecule has 1 aromatic heterocycles. The molecule has 16 heavy (non-hydrogen) atoms. The van der Waals surface area contributed by atoms with Crippen LogP contribution in [0.15, 0.2) is 30.3 Å². The quantitative estimate of drug-likeness (QED) is 0.772. The van der Waals surface area contributed by atoms with Gasteiger partial charge in [0.25, 0.3) is 0 Å². The normalized spacial score (nSPS) is 21.4. The zero-order valence-electron chi connectivity index (χ0n) is 9.74. The largest absolute Gasteiger partial charge is 0.346 e. The average molecular weight is 214 g/mol. The fourth-order valence-electron chi connectivity index (χ4n) is 2.75. The average Bonchev–Trinajstić information content (AvgIpc) is 2.69. The van der Waals surface area contributed by atoms with E-state index in [1.54, 1.807) is 0 Å². The van der Waals surface area contributed by atoms with Crippen LogP contribution in [0.2, 0.25) is 0 Å². The van der Waals surface area contributed by atoms with Crippen LogP contribution in [0.1, 0.15) is 31.0 Å². The van der Waals surface area contributed by atoms with Crippen molar-refractivity contribution in [2.75, 3.05) is 6.54 Å². The second kappa shape index (κ2) is 3.95. The molecule has 1 saturated heterocycles. The molecule has 0 unspecified atom stereocenters. The number of piperidine rings is 1. The van der Waals surface area contributed by atoms with Crippen molar-refractivity contribution in [1.29, 1.82) is 0 Å². The van der Waals surface area contributed by atoms with Crippen LogP contribution in [0.3, 0.4) is 0 Å². The number of benzene rings is 1. The first-order valence-electron chi connectivity index (χ1n) is 6.14. The van der Waals surface area contributed by atoms with Crippen LogP contribution in [-0.2, 0) is 7.05 Å². The summed E-state index contributed by atoms with van der Waals surface area (Å²) in [6.45, 7) is 1.16. The highest BCUT2D eigenvalue weighted by atomic mass is 15.0. The van der Waals surface area contributed by atoms with Crippen LogP contribution in [-0.4, -0.2) is 11.1 Å². The second-order valence-corrected chi connectivity index (χ2v) is 4.69. The third-order valence-corrected chi connectivity index (χ3v) is 3.66. The molecular formula is C14H18N2. The van der Waals surface area contributed by atoms with E-state index in [2.05, 4.69) is 47.3 Å². The van der Waals surface area contributed by atoms with Gasteiger partial charge in [-0.15, -0.1) is 0 Å². The van der Waals surface area contributed by atoms with E-state index in [4.69, 9.17) is 0 Å². The van der Waals surface area contributed by atoms with Crippen LogP contribution < -0.4 is 5.32 Å². The summed E-state index contributed by atoms with van der Waals surface area (Å²) in [5, 5.41) is 4.97. The van der Waals surface area contributed by atoms with Crippen molar-refractivity contribution in [3.8, 4) is 0 Å². The molecule has 2 nitrogen and oxygen atoms in total. The lowest BCUT2D eigenvalue weighted by molar-refractivity contribution is 0.399. The van der Waals surface area contributed by atoms with Crippen molar-refractivity contribution < 1.29 is 0 Å². The molecular weight excluding hydrogens is 196 g/mol. The smallest absolute Gasteiger partial charge is 0.0480 e. The molecule has 2 heterocycles. The zero-order chi connectivity index (χ0) is 11.0. The van der Waals surface area contributed by atoms with Crippen molar-refractivity contribution in [2.45, 2.75) is 25.3 Å². The molecule has 1 aliphatic heterocycles. The van der Waals surface area contributed by atoms with Crippen molar-refractivity contribution in [3.05, 3.63) is 36.0 Å². The summed E-state index contributed by atoms with van der Waals surface area (Å²) >= 11 is 0. The minimum Gasteiger partial charge on any atom is -0.346 e. The topological polar surface area (TPSA) is 17.0 Å². The summed E-state index contributed by atoms with van der Waals surface area (Å²) in [4.78, 5) is 0. The summed E-state index contributed by atoms with van der Waals surface area (Å²) < 4.78 is 2.33. The van der Waals surface area contributed by atoms with Gasteiger partial charge in [0.1, 0.15) is 0 Å². The predicted molar refractivity (Wildman–Crippen MR) is 67.5 cm³/mol. The van der Waals surface area contributed by atoms with E-state index in [9.17, 15) is 0 Å². The van der Waals surface area contributed by atoms with E-state index in [-0.39, 0.29) is 0 Å². The molecule has 3 rings (SSSR count). The Labute approximate surface area is 96.3 Å². The minimum atomic E-state index is 0.547. The number of hydrogen-bond donors (Lipinski definition) is 1. The number of nitrogens with one attached hydrogen (secondary N) is 1. The molecule has 0 saturated carbocycles. The molecule has 84 valence electrons. The number of fused-ring (bicyclic) bond motifs is 1. The van der Waals surface area contributed by atoms with Gasteiger partial charge < -0.3 is 9.88 Å². The predicted octanol–water partition coefficient (Wildman–Crippen LogP) is 2.99. The molecule has 1 fully saturated rings. The van der Waals surface area contributed by atoms with Gasteiger partial charge in [-0.2, -0.15) is 0 Å². The molecule has 1 N–H and O–H groups in total. The number of nitrogens with zero attached hydrogens (tertiary/aromatic N) is 1. The van der Waals surface area contributed by atoms with Gasteiger partial charge in [-0.05, 0) is 36.9 Å². The Morgan fingerprint density at radius 2 is 2.12 bits per heavy atom. The Kier molecular flexibility index (Phi) is 2.44. The summed E-state index contributed by atoms with van der Waals surface area (Å²) in [7, 11) is 2.17. The minimum absolute atomic E-state index is 0.547. The number of aromatic nitrogens is 1. The Balaban J connectivity index is 2.05. The van der Waals surface area contributed by atoms with E-state index in [1.807, 2.05) is 0 Å². The lowest BCUT2D eigenvalue weighted by atomic mass is 10.0. The third-order valence-electron chi connectivity index (χ3n) is 3.66. The van der Waals surface area contributed by atoms with E-state index >= 15 is 0 Å². The maximum absolute atomic E-state index is 3.62. The lowest BCUT2D eigenvalue weighted by Crippen LogP contribution is -2.28. The molecule has 1 aromatic carbocycles. The van der Waals surface area contributed by atoms with Crippen molar-refractivity contribution >= 4 is 10.9 Å². The SMILES string of the molecule is Cn1c([C@H]2CCCCN2)cc2ccccc21. The molecule has 1 aliphatic rings. The maximum Gasteiger partial charge on any atom is 0.0480 e. The van der Waals surface area contributed by atoms with E-state index in [0.717, 1.165) is 6.54 Å². The van der Waals surface area contributed by atoms with Gasteiger partial charge in [0.2, 0.25) is 0 Å². The molecule has 1 atom stereocenters. The number of rotatable bonds is 1. The molecule has 0 bridgehead atoms. The van der Waals surface area contributed by atoms with Crippen molar-refractivity contribution in [3.63, 3.8) is 0 Å². The Morgan fingerprint density at radius 1 is 1.25 bits per heavy atom. The number of para-hydroxylation sites is 1. The molecule has 0 radical (unpaired) electrons. The van der Waals surface area contributed by atoms with E-state index in [0.29, 0.717) is 6.04 Å². The van der Waals surface area contributed by atoms with Crippen LogP contribution >= 0.6 is 0 Å². The van der Waals surface area contributed by atoms with Gasteiger partial charge in [0.05, 0.1) is 0 Å². The van der Waals surface area contributed by atoms with Gasteiger partial charge in [-0.3, -0.25) is 0 Å². The van der Waals surface area contributed by atoms with E-state index in [1.165, 1.54) is 35.9 Å². The molecule has 0 spiro atoms. The first-order chi connectivity index (χ1) is 7.86. The van der Waals surface area contributed by atoms with Crippen LogP contribution in [0.25, 0.3) is 10.9 Å². The number of hydrogen-bond acceptors (Lipinski definition) is 1. The summed E-state index contributed by atoms with van der Waals surface area (Å²) in [6, 6.07) is 11.5. The highest BCUT2D eigenvalue weighted by Crippen LogP contribution is 2.27. The summed E-state index contributed by atoms with van der Waals surface area (Å²) in [6.07, 6.45) is 3.93. The molecule has 0 amide bonds. The lowest BCUT2D eigenvalue weighted by Gasteiger charge is -2.24. The highest BCUT2D eigenvalue weighted by Gasteiger charge is 2.18. The third kappa shape index (κ3) is 1.54. The molecule has 0 aliphatic carbocycles. The standard InChI is InChI=1S/C14H18N2/c1-16-13-8-3-2-6-11(13)10-14(16)12-7-4-5-9-15-12/h2-3,6,8,10,12,15H,4-5,7,9H2,1H3/t12-/m1/s1. The van der Waals surface area contributed by atoms with E-state index < -0.39 is 0 Å². The van der Waals surface area contributed by atoms with Gasteiger partial charge in [0.15, 0.2) is 0 Å². The summed E-state index contributed by atoms with van der Waals surface area (Å²) in [5.74, 6) is 0. The first kappa shape index (κ1) is 9.91. The summed E-state index contributed by atoms with van der Waals surface area (Å²) in [5.41, 5.74) is 2.77. The Hall–Kier alpha value is -1.28. The van der Waals surface area contributed by atoms with Crippen molar-refractivity contribution in [1.82, 2.24) is 9.88 Å². The second-order valence-electron chi connectivity index (χ2n) is 4.69. The van der Waals surface area contributed by atoms with Gasteiger partial charge in [0, 0.05) is 24.3 Å². The fourth-order valence-corrected chi connectivity index (χ4v) is 2.75. The van der Waals surface area contributed by atoms with Crippen LogP contribution in [0.4, 0.5) is 0 Å². The molecule has 2 aromatic rings. The highest BCUT2D eigenvalue weighted by molar-refractivity contribution is 5.81. The van der Waals surface area contributed by atoms with Gasteiger partial charge in [-0.25, -0.2) is 0 Å². The Bertz CT molecular complexity index is 492. The first-order valence-corrected chi connectivity index (χ1v) is 6.14. The Morgan fingerprint density at radius 3 is 2.88 bits per heavy atom. The van der Waals surface area contributed by atoms with Crippen LogP contribution in [0.5, 0.6) is 0 Å². The number of aryl methyl sites for hydroxylation is 1. The van der Waals surface area contributed by atoms with Crippen LogP contribution in [0, 0.1) is 0 Å². The molecule has 2 heteroatoms. The monoisotopic (exact) mass is 214 g/mol. The van der Waals surface area contributed by atoms with Gasteiger partial charge >= 0.3 is 0 Å². The zero-order valence-corrected chi connectivity index (χ0v) is 9.74. The fraction of sp³-hybridized carbons (Fsp3) is 0.429.